The number of urea groups is 1. The molecule has 0 N–H and O–H groups in total. The maximum absolute atomic E-state index is 12.8. The number of amides is 5. The molecule has 5 amide bonds. The molecular weight excluding hydrogens is 384 g/mol. The Morgan fingerprint density at radius 2 is 1.53 bits per heavy atom. The van der Waals surface area contributed by atoms with Gasteiger partial charge in [0.15, 0.2) is 0 Å². The van der Waals surface area contributed by atoms with E-state index in [-0.39, 0.29) is 19.1 Å². The van der Waals surface area contributed by atoms with Crippen molar-refractivity contribution < 1.29 is 19.2 Å². The number of imide groups is 2. The van der Waals surface area contributed by atoms with Gasteiger partial charge in [0.2, 0.25) is 0 Å². The molecule has 0 aromatic heterocycles. The fourth-order valence-electron chi connectivity index (χ4n) is 3.67. The highest BCUT2D eigenvalue weighted by Gasteiger charge is 2.44. The van der Waals surface area contributed by atoms with Crippen LogP contribution in [0.5, 0.6) is 0 Å². The molecule has 3 rings (SSSR count). The van der Waals surface area contributed by atoms with Gasteiger partial charge in [-0.3, -0.25) is 24.2 Å². The van der Waals surface area contributed by atoms with Crippen molar-refractivity contribution in [1.82, 2.24) is 19.6 Å². The maximum Gasteiger partial charge on any atom is 0.335 e. The first kappa shape index (κ1) is 22.0. The number of piperazine rings is 1. The summed E-state index contributed by atoms with van der Waals surface area (Å²) in [7, 11) is 0. The van der Waals surface area contributed by atoms with Gasteiger partial charge in [0.1, 0.15) is 0 Å². The van der Waals surface area contributed by atoms with Crippen molar-refractivity contribution in [3.05, 3.63) is 35.4 Å². The van der Waals surface area contributed by atoms with Crippen LogP contribution in [0, 0.1) is 0 Å². The van der Waals surface area contributed by atoms with Gasteiger partial charge in [-0.2, -0.15) is 0 Å². The standard InChI is InChI=1S/C22H30N4O4/c1-4-5-10-25-20(28)21(29)26(22(25)30)15-23-11-13-24(14-12-23)19(27)18-8-6-17(7-9-18)16(2)3/h6-9,16H,4-5,10-15H2,1-3H3. The van der Waals surface area contributed by atoms with Gasteiger partial charge in [-0.25, -0.2) is 9.69 Å². The molecule has 2 aliphatic rings. The first-order chi connectivity index (χ1) is 14.3. The Morgan fingerprint density at radius 3 is 2.10 bits per heavy atom. The summed E-state index contributed by atoms with van der Waals surface area (Å²) in [6.45, 7) is 8.63. The van der Waals surface area contributed by atoms with Crippen LogP contribution in [0.25, 0.3) is 0 Å². The van der Waals surface area contributed by atoms with Crippen LogP contribution in [0.1, 0.15) is 55.5 Å². The van der Waals surface area contributed by atoms with Gasteiger partial charge in [0.05, 0.1) is 6.67 Å². The zero-order valence-corrected chi connectivity index (χ0v) is 18.0. The molecule has 0 radical (unpaired) electrons. The lowest BCUT2D eigenvalue weighted by molar-refractivity contribution is -0.144. The molecule has 0 aliphatic carbocycles. The van der Waals surface area contributed by atoms with Crippen LogP contribution in [0.15, 0.2) is 24.3 Å². The van der Waals surface area contributed by atoms with Crippen molar-refractivity contribution in [3.63, 3.8) is 0 Å². The highest BCUT2D eigenvalue weighted by Crippen LogP contribution is 2.18. The van der Waals surface area contributed by atoms with E-state index in [1.54, 1.807) is 4.90 Å². The lowest BCUT2D eigenvalue weighted by Crippen LogP contribution is -2.52. The van der Waals surface area contributed by atoms with Crippen LogP contribution in [-0.2, 0) is 9.59 Å². The third kappa shape index (κ3) is 4.53. The predicted octanol–water partition coefficient (Wildman–Crippen LogP) is 2.12. The minimum Gasteiger partial charge on any atom is -0.336 e. The Labute approximate surface area is 177 Å². The highest BCUT2D eigenvalue weighted by atomic mass is 16.2. The molecule has 2 fully saturated rings. The number of hydrogen-bond donors (Lipinski definition) is 0. The molecule has 8 nitrogen and oxygen atoms in total. The van der Waals surface area contributed by atoms with E-state index in [0.29, 0.717) is 44.1 Å². The molecule has 8 heteroatoms. The van der Waals surface area contributed by atoms with Crippen LogP contribution in [0.3, 0.4) is 0 Å². The summed E-state index contributed by atoms with van der Waals surface area (Å²) in [5.41, 5.74) is 1.86. The summed E-state index contributed by atoms with van der Waals surface area (Å²) in [4.78, 5) is 55.3. The fraction of sp³-hybridized carbons (Fsp3) is 0.545. The van der Waals surface area contributed by atoms with Crippen LogP contribution >= 0.6 is 0 Å². The van der Waals surface area contributed by atoms with E-state index in [2.05, 4.69) is 13.8 Å². The number of unbranched alkanes of at least 4 members (excludes halogenated alkanes) is 1. The van der Waals surface area contributed by atoms with Crippen LogP contribution < -0.4 is 0 Å². The van der Waals surface area contributed by atoms with Gasteiger partial charge < -0.3 is 4.90 Å². The Bertz CT molecular complexity index is 813. The first-order valence-corrected chi connectivity index (χ1v) is 10.6. The molecule has 0 atom stereocenters. The van der Waals surface area contributed by atoms with Gasteiger partial charge >= 0.3 is 17.8 Å². The number of carbonyl (C=O) groups is 4. The van der Waals surface area contributed by atoms with Crippen molar-refractivity contribution in [2.45, 2.75) is 39.5 Å². The minimum atomic E-state index is -0.764. The molecule has 2 heterocycles. The molecule has 0 bridgehead atoms. The molecule has 2 aliphatic heterocycles. The van der Waals surface area contributed by atoms with Gasteiger partial charge in [0.25, 0.3) is 5.91 Å². The third-order valence-electron chi connectivity index (χ3n) is 5.70. The van der Waals surface area contributed by atoms with Crippen molar-refractivity contribution >= 4 is 23.8 Å². The lowest BCUT2D eigenvalue weighted by Gasteiger charge is -2.36. The largest absolute Gasteiger partial charge is 0.336 e. The second-order valence-electron chi connectivity index (χ2n) is 8.15. The Balaban J connectivity index is 1.54. The smallest absolute Gasteiger partial charge is 0.335 e. The monoisotopic (exact) mass is 414 g/mol. The lowest BCUT2D eigenvalue weighted by atomic mass is 10.0. The van der Waals surface area contributed by atoms with E-state index in [1.165, 1.54) is 5.56 Å². The molecule has 0 unspecified atom stereocenters. The van der Waals surface area contributed by atoms with Crippen molar-refractivity contribution in [2.24, 2.45) is 0 Å². The van der Waals surface area contributed by atoms with Crippen molar-refractivity contribution in [2.75, 3.05) is 39.4 Å². The maximum atomic E-state index is 12.8. The van der Waals surface area contributed by atoms with Crippen molar-refractivity contribution in [1.29, 1.82) is 0 Å². The number of benzene rings is 1. The molecule has 30 heavy (non-hydrogen) atoms. The van der Waals surface area contributed by atoms with E-state index in [4.69, 9.17) is 0 Å². The topological polar surface area (TPSA) is 81.2 Å². The van der Waals surface area contributed by atoms with Crippen LogP contribution in [0.4, 0.5) is 4.79 Å². The summed E-state index contributed by atoms with van der Waals surface area (Å²) < 4.78 is 0. The van der Waals surface area contributed by atoms with Crippen LogP contribution in [-0.4, -0.2) is 82.7 Å². The Kier molecular flexibility index (Phi) is 6.87. The number of hydrogen-bond acceptors (Lipinski definition) is 5. The summed E-state index contributed by atoms with van der Waals surface area (Å²) in [5.74, 6) is -1.11. The molecule has 2 saturated heterocycles. The quantitative estimate of drug-likeness (QED) is 0.504. The Hall–Kier alpha value is -2.74. The van der Waals surface area contributed by atoms with Crippen molar-refractivity contribution in [3.8, 4) is 0 Å². The zero-order valence-electron chi connectivity index (χ0n) is 18.0. The third-order valence-corrected chi connectivity index (χ3v) is 5.70. The molecule has 1 aromatic carbocycles. The van der Waals surface area contributed by atoms with Gasteiger partial charge in [0, 0.05) is 38.3 Å². The predicted molar refractivity (Wildman–Crippen MR) is 112 cm³/mol. The van der Waals surface area contributed by atoms with E-state index in [9.17, 15) is 19.2 Å². The molecule has 0 saturated carbocycles. The normalized spacial score (nSPS) is 18.1. The highest BCUT2D eigenvalue weighted by molar-refractivity contribution is 6.44. The van der Waals surface area contributed by atoms with Gasteiger partial charge in [-0.05, 0) is 30.0 Å². The molecule has 162 valence electrons. The van der Waals surface area contributed by atoms with E-state index in [0.717, 1.165) is 16.2 Å². The summed E-state index contributed by atoms with van der Waals surface area (Å²) >= 11 is 0. The second-order valence-corrected chi connectivity index (χ2v) is 8.15. The summed E-state index contributed by atoms with van der Waals surface area (Å²) in [6.07, 6.45) is 1.51. The average Bonchev–Trinajstić information content (AvgIpc) is 2.95. The molecular formula is C22H30N4O4. The SMILES string of the molecule is CCCCN1C(=O)C(=O)N(CN2CCN(C(=O)c3ccc(C(C)C)cc3)CC2)C1=O. The number of rotatable bonds is 7. The van der Waals surface area contributed by atoms with Gasteiger partial charge in [-0.1, -0.05) is 39.3 Å². The van der Waals surface area contributed by atoms with E-state index in [1.807, 2.05) is 36.1 Å². The molecule has 1 aromatic rings. The van der Waals surface area contributed by atoms with Crippen LogP contribution in [0.2, 0.25) is 0 Å². The molecule has 0 spiro atoms. The van der Waals surface area contributed by atoms with Gasteiger partial charge in [-0.15, -0.1) is 0 Å². The zero-order chi connectivity index (χ0) is 21.8. The Morgan fingerprint density at radius 1 is 0.933 bits per heavy atom. The minimum absolute atomic E-state index is 0.0146. The fourth-order valence-corrected chi connectivity index (χ4v) is 3.67. The number of nitrogens with zero attached hydrogens (tertiary/aromatic N) is 4. The summed E-state index contributed by atoms with van der Waals surface area (Å²) in [5, 5.41) is 0. The number of carbonyl (C=O) groups excluding carboxylic acids is 4. The second kappa shape index (κ2) is 9.38. The average molecular weight is 415 g/mol. The van der Waals surface area contributed by atoms with E-state index >= 15 is 0 Å². The first-order valence-electron chi connectivity index (χ1n) is 10.6. The summed E-state index contributed by atoms with van der Waals surface area (Å²) in [6, 6.07) is 7.16. The van der Waals surface area contributed by atoms with E-state index < -0.39 is 17.8 Å².